The van der Waals surface area contributed by atoms with Crippen LogP contribution in [0.5, 0.6) is 11.5 Å². The Kier molecular flexibility index (Phi) is 5.27. The molecule has 0 aliphatic carbocycles. The molecule has 4 rings (SSSR count). The van der Waals surface area contributed by atoms with E-state index in [1.54, 1.807) is 16.2 Å². The van der Waals surface area contributed by atoms with Gasteiger partial charge in [0.25, 0.3) is 5.69 Å². The lowest BCUT2D eigenvalue weighted by atomic mass is 10.1. The molecule has 28 heavy (non-hydrogen) atoms. The zero-order valence-corrected chi connectivity index (χ0v) is 15.9. The third kappa shape index (κ3) is 4.00. The summed E-state index contributed by atoms with van der Waals surface area (Å²) in [7, 11) is 0. The number of piperazine rings is 1. The molecule has 0 saturated carbocycles. The molecule has 1 amide bonds. The van der Waals surface area contributed by atoms with Crippen LogP contribution in [-0.4, -0.2) is 48.7 Å². The molecule has 8 nitrogen and oxygen atoms in total. The second-order valence-corrected chi connectivity index (χ2v) is 7.72. The molecule has 0 bridgehead atoms. The van der Waals surface area contributed by atoms with Gasteiger partial charge in [0, 0.05) is 6.08 Å². The fourth-order valence-electron chi connectivity index (χ4n) is 3.38. The van der Waals surface area contributed by atoms with Crippen molar-refractivity contribution in [3.05, 3.63) is 56.3 Å². The van der Waals surface area contributed by atoms with E-state index in [4.69, 9.17) is 9.47 Å². The number of fused-ring (bicyclic) bond motifs is 1. The molecular weight excluding hydrogens is 382 g/mol. The minimum absolute atomic E-state index is 0.0384. The standard InChI is InChI=1S/C19H19N3O5S/c23-19(21-7-5-20(6-8-21)12-15-2-1-9-28-15)4-3-14-10-17-18(27-13-26-17)11-16(14)22(24)25/h1-4,9-11H,5-8,12-13H2/p+1/b4-3+. The molecule has 2 aliphatic heterocycles. The van der Waals surface area contributed by atoms with Gasteiger partial charge in [0.05, 0.1) is 47.6 Å². The van der Waals surface area contributed by atoms with E-state index in [1.165, 1.54) is 34.1 Å². The van der Waals surface area contributed by atoms with Crippen LogP contribution in [0.1, 0.15) is 10.4 Å². The molecule has 2 aromatic rings. The van der Waals surface area contributed by atoms with E-state index in [-0.39, 0.29) is 18.4 Å². The van der Waals surface area contributed by atoms with Crippen LogP contribution in [0.25, 0.3) is 6.08 Å². The molecular formula is C19H20N3O5S+. The molecule has 146 valence electrons. The highest BCUT2D eigenvalue weighted by molar-refractivity contribution is 7.09. The van der Waals surface area contributed by atoms with Gasteiger partial charge in [-0.3, -0.25) is 14.9 Å². The first-order valence-corrected chi connectivity index (χ1v) is 9.89. The van der Waals surface area contributed by atoms with E-state index in [0.29, 0.717) is 30.2 Å². The third-order valence-corrected chi connectivity index (χ3v) is 5.79. The lowest BCUT2D eigenvalue weighted by Gasteiger charge is -2.31. The van der Waals surface area contributed by atoms with Gasteiger partial charge in [-0.05, 0) is 23.6 Å². The Morgan fingerprint density at radius 1 is 1.29 bits per heavy atom. The van der Waals surface area contributed by atoms with Crippen LogP contribution in [0.3, 0.4) is 0 Å². The maximum absolute atomic E-state index is 12.5. The summed E-state index contributed by atoms with van der Waals surface area (Å²) < 4.78 is 10.5. The van der Waals surface area contributed by atoms with Gasteiger partial charge >= 0.3 is 0 Å². The van der Waals surface area contributed by atoms with Gasteiger partial charge in [-0.1, -0.05) is 6.07 Å². The molecule has 1 fully saturated rings. The molecule has 1 aromatic carbocycles. The molecule has 1 N–H and O–H groups in total. The first kappa shape index (κ1) is 18.5. The van der Waals surface area contributed by atoms with Crippen molar-refractivity contribution < 1.29 is 24.1 Å². The van der Waals surface area contributed by atoms with E-state index >= 15 is 0 Å². The highest BCUT2D eigenvalue weighted by Gasteiger charge is 2.24. The summed E-state index contributed by atoms with van der Waals surface area (Å²) in [6.07, 6.45) is 2.88. The summed E-state index contributed by atoms with van der Waals surface area (Å²) in [4.78, 5) is 27.9. The fourth-order valence-corrected chi connectivity index (χ4v) is 4.16. The highest BCUT2D eigenvalue weighted by Crippen LogP contribution is 2.38. The molecule has 1 aromatic heterocycles. The number of amides is 1. The van der Waals surface area contributed by atoms with Gasteiger partial charge < -0.3 is 19.3 Å². The molecule has 2 aliphatic rings. The average molecular weight is 402 g/mol. The maximum atomic E-state index is 12.5. The molecule has 0 spiro atoms. The number of quaternary nitrogens is 1. The predicted octanol–water partition coefficient (Wildman–Crippen LogP) is 1.33. The Balaban J connectivity index is 1.39. The van der Waals surface area contributed by atoms with Crippen molar-refractivity contribution in [1.82, 2.24) is 4.90 Å². The minimum Gasteiger partial charge on any atom is -0.454 e. The number of benzene rings is 1. The number of thiophene rings is 1. The average Bonchev–Trinajstić information content (AvgIpc) is 3.37. The van der Waals surface area contributed by atoms with Crippen LogP contribution in [0, 0.1) is 10.1 Å². The van der Waals surface area contributed by atoms with Crippen LogP contribution in [-0.2, 0) is 11.3 Å². The van der Waals surface area contributed by atoms with Gasteiger partial charge in [0.2, 0.25) is 12.7 Å². The Labute approximate surface area is 165 Å². The van der Waals surface area contributed by atoms with Crippen molar-refractivity contribution in [2.45, 2.75) is 6.54 Å². The van der Waals surface area contributed by atoms with E-state index in [0.717, 1.165) is 19.6 Å². The summed E-state index contributed by atoms with van der Waals surface area (Å²) in [5, 5.41) is 13.4. The Bertz CT molecular complexity index is 905. The summed E-state index contributed by atoms with van der Waals surface area (Å²) in [6.45, 7) is 4.15. The maximum Gasteiger partial charge on any atom is 0.280 e. The van der Waals surface area contributed by atoms with Gasteiger partial charge in [-0.2, -0.15) is 0 Å². The lowest BCUT2D eigenvalue weighted by Crippen LogP contribution is -3.13. The zero-order valence-electron chi connectivity index (χ0n) is 15.1. The zero-order chi connectivity index (χ0) is 19.5. The summed E-state index contributed by atoms with van der Waals surface area (Å²) in [5.41, 5.74) is 0.211. The number of nitro groups is 1. The lowest BCUT2D eigenvalue weighted by molar-refractivity contribution is -0.917. The van der Waals surface area contributed by atoms with Crippen LogP contribution in [0.2, 0.25) is 0 Å². The van der Waals surface area contributed by atoms with Gasteiger partial charge in [-0.15, -0.1) is 11.3 Å². The van der Waals surface area contributed by atoms with E-state index in [1.807, 2.05) is 0 Å². The number of nitrogens with one attached hydrogen (secondary N) is 1. The first-order chi connectivity index (χ1) is 13.6. The van der Waals surface area contributed by atoms with E-state index in [9.17, 15) is 14.9 Å². The topological polar surface area (TPSA) is 86.3 Å². The number of hydrogen-bond donors (Lipinski definition) is 1. The van der Waals surface area contributed by atoms with Crippen LogP contribution < -0.4 is 14.4 Å². The number of nitro benzene ring substituents is 1. The quantitative estimate of drug-likeness (QED) is 0.463. The Hall–Kier alpha value is -2.91. The molecule has 0 radical (unpaired) electrons. The molecule has 9 heteroatoms. The molecule has 1 saturated heterocycles. The van der Waals surface area contributed by atoms with Crippen LogP contribution in [0.15, 0.2) is 35.7 Å². The number of carbonyl (C=O) groups is 1. The largest absolute Gasteiger partial charge is 0.454 e. The SMILES string of the molecule is O=C(/C=C/c1cc2c(cc1[N+](=O)[O-])OCO2)N1CC[NH+](Cc2cccs2)CC1. The number of nitrogens with zero attached hydrogens (tertiary/aromatic N) is 2. The number of rotatable bonds is 5. The Morgan fingerprint density at radius 2 is 2.04 bits per heavy atom. The van der Waals surface area contributed by atoms with Gasteiger partial charge in [-0.25, -0.2) is 0 Å². The van der Waals surface area contributed by atoms with Crippen molar-refractivity contribution >= 4 is 29.0 Å². The predicted molar refractivity (Wildman–Crippen MR) is 104 cm³/mol. The van der Waals surface area contributed by atoms with Gasteiger partial charge in [0.1, 0.15) is 6.54 Å². The van der Waals surface area contributed by atoms with Crippen molar-refractivity contribution in [3.8, 4) is 11.5 Å². The van der Waals surface area contributed by atoms with Crippen molar-refractivity contribution in [1.29, 1.82) is 0 Å². The molecule has 0 unspecified atom stereocenters. The smallest absolute Gasteiger partial charge is 0.280 e. The minimum atomic E-state index is -0.487. The second kappa shape index (κ2) is 7.99. The highest BCUT2D eigenvalue weighted by atomic mass is 32.1. The second-order valence-electron chi connectivity index (χ2n) is 6.69. The van der Waals surface area contributed by atoms with E-state index in [2.05, 4.69) is 17.5 Å². The third-order valence-electron chi connectivity index (χ3n) is 4.91. The Morgan fingerprint density at radius 3 is 2.71 bits per heavy atom. The summed E-state index contributed by atoms with van der Waals surface area (Å²) >= 11 is 1.75. The fraction of sp³-hybridized carbons (Fsp3) is 0.316. The van der Waals surface area contributed by atoms with Crippen LogP contribution in [0.4, 0.5) is 5.69 Å². The summed E-state index contributed by atoms with van der Waals surface area (Å²) in [6, 6.07) is 7.06. The number of carbonyl (C=O) groups excluding carboxylic acids is 1. The molecule has 3 heterocycles. The number of hydrogen-bond acceptors (Lipinski definition) is 6. The van der Waals surface area contributed by atoms with E-state index < -0.39 is 4.92 Å². The van der Waals surface area contributed by atoms with Crippen molar-refractivity contribution in [3.63, 3.8) is 0 Å². The molecule has 0 atom stereocenters. The summed E-state index contributed by atoms with van der Waals surface area (Å²) in [5.74, 6) is 0.658. The first-order valence-electron chi connectivity index (χ1n) is 9.01. The normalized spacial score (nSPS) is 16.6. The number of ether oxygens (including phenoxy) is 2. The van der Waals surface area contributed by atoms with Crippen LogP contribution >= 0.6 is 11.3 Å². The van der Waals surface area contributed by atoms with Crippen molar-refractivity contribution in [2.75, 3.05) is 33.0 Å². The monoisotopic (exact) mass is 402 g/mol. The van der Waals surface area contributed by atoms with Crippen molar-refractivity contribution in [2.24, 2.45) is 0 Å². The van der Waals surface area contributed by atoms with Gasteiger partial charge in [0.15, 0.2) is 11.5 Å².